The lowest BCUT2D eigenvalue weighted by atomic mass is 10.1. The van der Waals surface area contributed by atoms with Crippen LogP contribution in [0.5, 0.6) is 0 Å². The van der Waals surface area contributed by atoms with Crippen molar-refractivity contribution in [1.29, 1.82) is 0 Å². The lowest BCUT2D eigenvalue weighted by Crippen LogP contribution is -2.28. The maximum absolute atomic E-state index is 11.9. The van der Waals surface area contributed by atoms with Crippen LogP contribution in [0.2, 0.25) is 0 Å². The molecular formula is C16H22N4O. The van der Waals surface area contributed by atoms with Crippen molar-refractivity contribution in [2.45, 2.75) is 32.2 Å². The van der Waals surface area contributed by atoms with Crippen molar-refractivity contribution in [2.75, 3.05) is 18.4 Å². The Morgan fingerprint density at radius 1 is 1.48 bits per heavy atom. The van der Waals surface area contributed by atoms with Crippen molar-refractivity contribution < 1.29 is 4.79 Å². The van der Waals surface area contributed by atoms with Crippen LogP contribution in [0.15, 0.2) is 29.3 Å². The molecule has 0 radical (unpaired) electrons. The third-order valence-corrected chi connectivity index (χ3v) is 4.04. The SMILES string of the molecule is Cc1cccc(NC(N)=NCC2CC(=O)N(C3CC3)C2)c1. The van der Waals surface area contributed by atoms with Crippen LogP contribution in [-0.4, -0.2) is 35.9 Å². The molecule has 112 valence electrons. The number of amides is 1. The number of nitrogens with two attached hydrogens (primary N) is 1. The van der Waals surface area contributed by atoms with E-state index in [4.69, 9.17) is 5.73 Å². The van der Waals surface area contributed by atoms with Gasteiger partial charge in [-0.1, -0.05) is 12.1 Å². The number of carbonyl (C=O) groups excluding carboxylic acids is 1. The molecule has 5 heteroatoms. The van der Waals surface area contributed by atoms with Gasteiger partial charge in [0.2, 0.25) is 5.91 Å². The number of rotatable bonds is 4. The standard InChI is InChI=1S/C16H22N4O/c1-11-3-2-4-13(7-11)19-16(17)18-9-12-8-15(21)20(10-12)14-5-6-14/h2-4,7,12,14H,5-6,8-10H2,1H3,(H3,17,18,19). The van der Waals surface area contributed by atoms with Crippen LogP contribution >= 0.6 is 0 Å². The molecule has 0 aromatic heterocycles. The van der Waals surface area contributed by atoms with Gasteiger partial charge in [0.25, 0.3) is 0 Å². The number of benzene rings is 1. The fourth-order valence-corrected chi connectivity index (χ4v) is 2.81. The summed E-state index contributed by atoms with van der Waals surface area (Å²) in [5, 5.41) is 3.09. The van der Waals surface area contributed by atoms with Gasteiger partial charge < -0.3 is 16.0 Å². The smallest absolute Gasteiger partial charge is 0.223 e. The van der Waals surface area contributed by atoms with Crippen molar-refractivity contribution in [3.8, 4) is 0 Å². The fourth-order valence-electron chi connectivity index (χ4n) is 2.81. The Morgan fingerprint density at radius 3 is 3.00 bits per heavy atom. The van der Waals surface area contributed by atoms with Gasteiger partial charge in [-0.2, -0.15) is 0 Å². The molecule has 5 nitrogen and oxygen atoms in total. The summed E-state index contributed by atoms with van der Waals surface area (Å²) in [6.07, 6.45) is 2.94. The molecule has 3 N–H and O–H groups in total. The minimum absolute atomic E-state index is 0.280. The van der Waals surface area contributed by atoms with Crippen LogP contribution in [0.25, 0.3) is 0 Å². The van der Waals surface area contributed by atoms with Crippen molar-refractivity contribution in [1.82, 2.24) is 4.90 Å². The predicted molar refractivity (Wildman–Crippen MR) is 84.1 cm³/mol. The van der Waals surface area contributed by atoms with E-state index in [0.29, 0.717) is 30.9 Å². The maximum Gasteiger partial charge on any atom is 0.223 e. The summed E-state index contributed by atoms with van der Waals surface area (Å²) in [6.45, 7) is 3.49. The Balaban J connectivity index is 1.52. The number of likely N-dealkylation sites (tertiary alicyclic amines) is 1. The van der Waals surface area contributed by atoms with Crippen LogP contribution in [0.1, 0.15) is 24.8 Å². The summed E-state index contributed by atoms with van der Waals surface area (Å²) in [5.74, 6) is 0.997. The number of nitrogens with zero attached hydrogens (tertiary/aromatic N) is 2. The Bertz CT molecular complexity index is 565. The lowest BCUT2D eigenvalue weighted by Gasteiger charge is -2.14. The zero-order valence-electron chi connectivity index (χ0n) is 12.4. The van der Waals surface area contributed by atoms with Gasteiger partial charge in [-0.3, -0.25) is 9.79 Å². The van der Waals surface area contributed by atoms with Gasteiger partial charge in [0.05, 0.1) is 0 Å². The molecule has 1 aromatic rings. The second kappa shape index (κ2) is 5.76. The highest BCUT2D eigenvalue weighted by Crippen LogP contribution is 2.32. The summed E-state index contributed by atoms with van der Waals surface area (Å²) in [4.78, 5) is 18.3. The van der Waals surface area contributed by atoms with E-state index in [1.807, 2.05) is 36.1 Å². The average molecular weight is 286 g/mol. The van der Waals surface area contributed by atoms with Crippen molar-refractivity contribution in [2.24, 2.45) is 16.6 Å². The van der Waals surface area contributed by atoms with Gasteiger partial charge in [-0.25, -0.2) is 0 Å². The van der Waals surface area contributed by atoms with Crippen LogP contribution in [0.3, 0.4) is 0 Å². The summed E-state index contributed by atoms with van der Waals surface area (Å²) < 4.78 is 0. The summed E-state index contributed by atoms with van der Waals surface area (Å²) in [6, 6.07) is 8.51. The Kier molecular flexibility index (Phi) is 3.82. The Labute approximate surface area is 125 Å². The second-order valence-electron chi connectivity index (χ2n) is 6.07. The molecule has 21 heavy (non-hydrogen) atoms. The first-order valence-corrected chi connectivity index (χ1v) is 7.55. The molecule has 0 bridgehead atoms. The molecule has 1 atom stereocenters. The molecule has 2 aliphatic rings. The first-order chi connectivity index (χ1) is 10.1. The first kappa shape index (κ1) is 13.9. The molecule has 1 heterocycles. The first-order valence-electron chi connectivity index (χ1n) is 7.55. The van der Waals surface area contributed by atoms with Crippen LogP contribution in [-0.2, 0) is 4.79 Å². The minimum Gasteiger partial charge on any atom is -0.370 e. The topological polar surface area (TPSA) is 70.7 Å². The number of anilines is 1. The van der Waals surface area contributed by atoms with Crippen molar-refractivity contribution >= 4 is 17.6 Å². The zero-order valence-corrected chi connectivity index (χ0v) is 12.4. The van der Waals surface area contributed by atoms with Crippen LogP contribution in [0, 0.1) is 12.8 Å². The van der Waals surface area contributed by atoms with Gasteiger partial charge in [0.15, 0.2) is 5.96 Å². The molecule has 2 fully saturated rings. The molecule has 0 spiro atoms. The number of guanidine groups is 1. The van der Waals surface area contributed by atoms with Gasteiger partial charge in [-0.15, -0.1) is 0 Å². The van der Waals surface area contributed by atoms with Gasteiger partial charge in [0.1, 0.15) is 0 Å². The van der Waals surface area contributed by atoms with E-state index in [1.54, 1.807) is 0 Å². The molecule has 1 amide bonds. The third kappa shape index (κ3) is 3.54. The monoisotopic (exact) mass is 286 g/mol. The summed E-state index contributed by atoms with van der Waals surface area (Å²) in [5.41, 5.74) is 8.03. The summed E-state index contributed by atoms with van der Waals surface area (Å²) in [7, 11) is 0. The van der Waals surface area contributed by atoms with Gasteiger partial charge in [-0.05, 0) is 37.5 Å². The normalized spacial score (nSPS) is 22.7. The molecule has 1 aliphatic heterocycles. The van der Waals surface area contributed by atoms with Gasteiger partial charge in [0, 0.05) is 37.2 Å². The van der Waals surface area contributed by atoms with Crippen LogP contribution in [0.4, 0.5) is 5.69 Å². The maximum atomic E-state index is 11.9. The number of aliphatic imine (C=N–C) groups is 1. The quantitative estimate of drug-likeness (QED) is 0.654. The van der Waals surface area contributed by atoms with E-state index in [1.165, 1.54) is 18.4 Å². The number of hydrogen-bond donors (Lipinski definition) is 2. The Hall–Kier alpha value is -2.04. The highest BCUT2D eigenvalue weighted by molar-refractivity contribution is 5.92. The van der Waals surface area contributed by atoms with E-state index in [9.17, 15) is 4.79 Å². The average Bonchev–Trinajstić information content (AvgIpc) is 3.20. The fraction of sp³-hybridized carbons (Fsp3) is 0.500. The number of nitrogens with one attached hydrogen (secondary N) is 1. The largest absolute Gasteiger partial charge is 0.370 e. The molecule has 1 saturated carbocycles. The molecule has 1 aliphatic carbocycles. The lowest BCUT2D eigenvalue weighted by molar-refractivity contribution is -0.128. The second-order valence-corrected chi connectivity index (χ2v) is 6.07. The highest BCUT2D eigenvalue weighted by atomic mass is 16.2. The highest BCUT2D eigenvalue weighted by Gasteiger charge is 2.38. The number of aryl methyl sites for hydroxylation is 1. The van der Waals surface area contributed by atoms with Crippen LogP contribution < -0.4 is 11.1 Å². The molecule has 1 unspecified atom stereocenters. The van der Waals surface area contributed by atoms with E-state index < -0.39 is 0 Å². The molecule has 1 aromatic carbocycles. The van der Waals surface area contributed by atoms with E-state index in [-0.39, 0.29) is 5.91 Å². The number of carbonyl (C=O) groups is 1. The Morgan fingerprint density at radius 2 is 2.29 bits per heavy atom. The predicted octanol–water partition coefficient (Wildman–Crippen LogP) is 1.73. The third-order valence-electron chi connectivity index (χ3n) is 4.04. The van der Waals surface area contributed by atoms with Crippen molar-refractivity contribution in [3.63, 3.8) is 0 Å². The van der Waals surface area contributed by atoms with Crippen molar-refractivity contribution in [3.05, 3.63) is 29.8 Å². The van der Waals surface area contributed by atoms with E-state index in [0.717, 1.165) is 12.2 Å². The molecular weight excluding hydrogens is 264 g/mol. The van der Waals surface area contributed by atoms with Gasteiger partial charge >= 0.3 is 0 Å². The van der Waals surface area contributed by atoms with E-state index >= 15 is 0 Å². The number of hydrogen-bond acceptors (Lipinski definition) is 2. The zero-order chi connectivity index (χ0) is 14.8. The molecule has 1 saturated heterocycles. The summed E-state index contributed by atoms with van der Waals surface area (Å²) >= 11 is 0. The molecule has 3 rings (SSSR count). The van der Waals surface area contributed by atoms with E-state index in [2.05, 4.69) is 10.3 Å². The minimum atomic E-state index is 0.280.